The number of primary amides is 1. The van der Waals surface area contributed by atoms with Crippen LogP contribution < -0.4 is 11.2 Å². The van der Waals surface area contributed by atoms with E-state index in [4.69, 9.17) is 5.73 Å². The molecule has 3 N–H and O–H groups in total. The van der Waals surface area contributed by atoms with Crippen molar-refractivity contribution in [3.63, 3.8) is 0 Å². The number of urea groups is 1. The van der Waals surface area contributed by atoms with Crippen LogP contribution in [-0.2, 0) is 6.42 Å². The zero-order chi connectivity index (χ0) is 8.97. The first-order valence-corrected chi connectivity index (χ1v) is 3.18. The van der Waals surface area contributed by atoms with Crippen LogP contribution in [-0.4, -0.2) is 26.3 Å². The van der Waals surface area contributed by atoms with Crippen LogP contribution in [0.1, 0.15) is 5.82 Å². The Morgan fingerprint density at radius 2 is 2.58 bits per heavy atom. The number of nitrogens with two attached hydrogens (primary N) is 1. The number of aromatic nitrogens is 4. The Labute approximate surface area is 68.2 Å². The van der Waals surface area contributed by atoms with E-state index in [2.05, 4.69) is 27.5 Å². The summed E-state index contributed by atoms with van der Waals surface area (Å²) in [7, 11) is 0. The number of allylic oxidation sites excluding steroid dienone is 1. The van der Waals surface area contributed by atoms with Crippen molar-refractivity contribution in [3.8, 4) is 0 Å². The molecule has 64 valence electrons. The first-order valence-electron chi connectivity index (χ1n) is 3.18. The SMILES string of the molecule is C=CCc1nnnn1NC(N)=O. The third-order valence-electron chi connectivity index (χ3n) is 1.08. The lowest BCUT2D eigenvalue weighted by Gasteiger charge is -2.00. The van der Waals surface area contributed by atoms with Crippen molar-refractivity contribution < 1.29 is 4.79 Å². The van der Waals surface area contributed by atoms with E-state index in [0.29, 0.717) is 12.2 Å². The number of amides is 2. The molecule has 0 aromatic carbocycles. The fourth-order valence-corrected chi connectivity index (χ4v) is 0.653. The summed E-state index contributed by atoms with van der Waals surface area (Å²) in [5.74, 6) is 0.476. The predicted molar refractivity (Wildman–Crippen MR) is 40.7 cm³/mol. The summed E-state index contributed by atoms with van der Waals surface area (Å²) < 4.78 is 0. The van der Waals surface area contributed by atoms with Crippen LogP contribution in [0.5, 0.6) is 0 Å². The van der Waals surface area contributed by atoms with Gasteiger partial charge in [-0.15, -0.1) is 16.5 Å². The number of hydrogen-bond donors (Lipinski definition) is 2. The van der Waals surface area contributed by atoms with Crippen LogP contribution in [0.3, 0.4) is 0 Å². The molecule has 7 heteroatoms. The third kappa shape index (κ3) is 1.78. The second kappa shape index (κ2) is 3.46. The summed E-state index contributed by atoms with van der Waals surface area (Å²) in [4.78, 5) is 11.5. The first-order chi connectivity index (χ1) is 5.74. The lowest BCUT2D eigenvalue weighted by Crippen LogP contribution is -2.30. The highest BCUT2D eigenvalue weighted by molar-refractivity contribution is 5.79. The minimum Gasteiger partial charge on any atom is -0.350 e. The fraction of sp³-hybridized carbons (Fsp3) is 0.200. The van der Waals surface area contributed by atoms with E-state index in [9.17, 15) is 4.79 Å². The molecule has 0 unspecified atom stereocenters. The van der Waals surface area contributed by atoms with E-state index in [1.165, 1.54) is 0 Å². The Kier molecular flexibility index (Phi) is 2.36. The van der Waals surface area contributed by atoms with Gasteiger partial charge in [-0.1, -0.05) is 6.08 Å². The smallest absolute Gasteiger partial charge is 0.332 e. The summed E-state index contributed by atoms with van der Waals surface area (Å²) in [6, 6.07) is -0.715. The lowest BCUT2D eigenvalue weighted by molar-refractivity contribution is 0.256. The third-order valence-corrected chi connectivity index (χ3v) is 1.08. The van der Waals surface area contributed by atoms with E-state index < -0.39 is 6.03 Å². The van der Waals surface area contributed by atoms with Crippen LogP contribution in [0.15, 0.2) is 12.7 Å². The summed E-state index contributed by atoms with van der Waals surface area (Å²) in [6.07, 6.45) is 2.08. The second-order valence-electron chi connectivity index (χ2n) is 1.98. The van der Waals surface area contributed by atoms with Gasteiger partial charge in [0.1, 0.15) is 0 Å². The molecule has 0 aliphatic rings. The van der Waals surface area contributed by atoms with Gasteiger partial charge in [-0.25, -0.2) is 10.2 Å². The Hall–Kier alpha value is -1.92. The van der Waals surface area contributed by atoms with E-state index in [1.54, 1.807) is 6.08 Å². The number of carbonyl (C=O) groups is 1. The van der Waals surface area contributed by atoms with E-state index >= 15 is 0 Å². The molecule has 1 heterocycles. The normalized spacial score (nSPS) is 9.33. The Bertz CT molecular complexity index is 292. The molecule has 0 spiro atoms. The van der Waals surface area contributed by atoms with Gasteiger partial charge in [0.2, 0.25) is 0 Å². The minimum atomic E-state index is -0.715. The zero-order valence-electron chi connectivity index (χ0n) is 6.27. The number of carbonyl (C=O) groups excluding carboxylic acids is 1. The molecule has 0 atom stereocenters. The average molecular weight is 168 g/mol. The second-order valence-corrected chi connectivity index (χ2v) is 1.98. The van der Waals surface area contributed by atoms with Crippen molar-refractivity contribution in [3.05, 3.63) is 18.5 Å². The van der Waals surface area contributed by atoms with Gasteiger partial charge in [-0.2, -0.15) is 0 Å². The summed E-state index contributed by atoms with van der Waals surface area (Å²) >= 11 is 0. The van der Waals surface area contributed by atoms with Gasteiger partial charge < -0.3 is 5.73 Å². The van der Waals surface area contributed by atoms with E-state index in [1.807, 2.05) is 0 Å². The fourth-order valence-electron chi connectivity index (χ4n) is 0.653. The van der Waals surface area contributed by atoms with Crippen LogP contribution in [0.4, 0.5) is 4.79 Å². The topological polar surface area (TPSA) is 98.7 Å². The highest BCUT2D eigenvalue weighted by Crippen LogP contribution is 1.90. The molecular formula is C5H8N6O. The van der Waals surface area contributed by atoms with Gasteiger partial charge in [-0.3, -0.25) is 0 Å². The highest BCUT2D eigenvalue weighted by Gasteiger charge is 2.04. The molecule has 0 radical (unpaired) electrons. The molecular weight excluding hydrogens is 160 g/mol. The zero-order valence-corrected chi connectivity index (χ0v) is 6.27. The van der Waals surface area contributed by atoms with Gasteiger partial charge in [0.05, 0.1) is 0 Å². The summed E-state index contributed by atoms with van der Waals surface area (Å²) in [5, 5.41) is 10.4. The number of hydrogen-bond acceptors (Lipinski definition) is 4. The maximum Gasteiger partial charge on any atom is 0.332 e. The number of rotatable bonds is 3. The van der Waals surface area contributed by atoms with Gasteiger partial charge in [0.15, 0.2) is 5.82 Å². The maximum absolute atomic E-state index is 10.4. The number of tetrazole rings is 1. The quantitative estimate of drug-likeness (QED) is 0.567. The van der Waals surface area contributed by atoms with Crippen LogP contribution in [0, 0.1) is 0 Å². The maximum atomic E-state index is 10.4. The lowest BCUT2D eigenvalue weighted by atomic mass is 10.4. The Balaban J connectivity index is 2.76. The first kappa shape index (κ1) is 8.18. The van der Waals surface area contributed by atoms with Crippen molar-refractivity contribution >= 4 is 6.03 Å². The molecule has 2 amide bonds. The molecule has 12 heavy (non-hydrogen) atoms. The van der Waals surface area contributed by atoms with Crippen molar-refractivity contribution in [1.29, 1.82) is 0 Å². The highest BCUT2D eigenvalue weighted by atomic mass is 16.2. The van der Waals surface area contributed by atoms with Crippen LogP contribution in [0.2, 0.25) is 0 Å². The minimum absolute atomic E-state index is 0.466. The van der Waals surface area contributed by atoms with Crippen molar-refractivity contribution in [2.24, 2.45) is 5.73 Å². The molecule has 7 nitrogen and oxygen atoms in total. The Morgan fingerprint density at radius 3 is 3.17 bits per heavy atom. The van der Waals surface area contributed by atoms with Gasteiger partial charge in [0, 0.05) is 6.42 Å². The summed E-state index contributed by atoms with van der Waals surface area (Å²) in [6.45, 7) is 3.50. The molecule has 1 rings (SSSR count). The van der Waals surface area contributed by atoms with Crippen LogP contribution >= 0.6 is 0 Å². The summed E-state index contributed by atoms with van der Waals surface area (Å²) in [5.41, 5.74) is 7.07. The van der Waals surface area contributed by atoms with Crippen molar-refractivity contribution in [2.45, 2.75) is 6.42 Å². The molecule has 0 aliphatic carbocycles. The predicted octanol–water partition coefficient (Wildman–Crippen LogP) is -0.976. The molecule has 1 aromatic heterocycles. The molecule has 0 aliphatic heterocycles. The molecule has 0 saturated heterocycles. The molecule has 1 aromatic rings. The van der Waals surface area contributed by atoms with Gasteiger partial charge in [-0.05, 0) is 10.4 Å². The number of nitrogens with zero attached hydrogens (tertiary/aromatic N) is 4. The monoisotopic (exact) mass is 168 g/mol. The van der Waals surface area contributed by atoms with Crippen molar-refractivity contribution in [2.75, 3.05) is 5.43 Å². The van der Waals surface area contributed by atoms with Gasteiger partial charge in [0.25, 0.3) is 0 Å². The molecule has 0 fully saturated rings. The largest absolute Gasteiger partial charge is 0.350 e. The van der Waals surface area contributed by atoms with Gasteiger partial charge >= 0.3 is 6.03 Å². The molecule has 0 bridgehead atoms. The number of nitrogens with one attached hydrogen (secondary N) is 1. The standard InChI is InChI=1S/C5H8N6O/c1-2-3-4-7-9-10-11(4)8-5(6)12/h2H,1,3H2,(H3,6,8,12). The Morgan fingerprint density at radius 1 is 1.83 bits per heavy atom. The van der Waals surface area contributed by atoms with Crippen molar-refractivity contribution in [1.82, 2.24) is 20.3 Å². The molecule has 0 saturated carbocycles. The average Bonchev–Trinajstić information content (AvgIpc) is 2.37. The van der Waals surface area contributed by atoms with E-state index in [-0.39, 0.29) is 0 Å². The van der Waals surface area contributed by atoms with E-state index in [0.717, 1.165) is 4.79 Å². The van der Waals surface area contributed by atoms with Crippen LogP contribution in [0.25, 0.3) is 0 Å².